The van der Waals surface area contributed by atoms with Crippen molar-refractivity contribution in [2.45, 2.75) is 51.5 Å². The monoisotopic (exact) mass is 322 g/mol. The van der Waals surface area contributed by atoms with Gasteiger partial charge in [0.05, 0.1) is 0 Å². The number of aryl methyl sites for hydroxylation is 1. The summed E-state index contributed by atoms with van der Waals surface area (Å²) in [6.07, 6.45) is 11.4. The second-order valence-electron chi connectivity index (χ2n) is 6.49. The number of nitrogens with two attached hydrogens (primary N) is 1. The highest BCUT2D eigenvalue weighted by Gasteiger charge is 2.12. The van der Waals surface area contributed by atoms with Crippen LogP contribution in [0.5, 0.6) is 0 Å². The average Bonchev–Trinajstić information content (AvgIpc) is 2.62. The van der Waals surface area contributed by atoms with E-state index in [-0.39, 0.29) is 6.04 Å². The summed E-state index contributed by atoms with van der Waals surface area (Å²) in [6, 6.07) is 10.6. The van der Waals surface area contributed by atoms with E-state index in [0.717, 1.165) is 24.2 Å². The molecule has 0 saturated carbocycles. The van der Waals surface area contributed by atoms with Gasteiger partial charge in [-0.05, 0) is 51.0 Å². The molecule has 0 radical (unpaired) electrons. The van der Waals surface area contributed by atoms with Gasteiger partial charge in [0.1, 0.15) is 5.82 Å². The van der Waals surface area contributed by atoms with E-state index in [1.807, 2.05) is 12.3 Å². The predicted octanol–water partition coefficient (Wildman–Crippen LogP) is 4.66. The van der Waals surface area contributed by atoms with Crippen LogP contribution in [0.2, 0.25) is 0 Å². The van der Waals surface area contributed by atoms with Gasteiger partial charge in [0.2, 0.25) is 5.95 Å². The predicted molar refractivity (Wildman–Crippen MR) is 99.8 cm³/mol. The minimum absolute atomic E-state index is 0.174. The number of nitrogens with one attached hydrogen (secondary N) is 1. The molecule has 2 aromatic rings. The Balaban J connectivity index is 1.72. The normalized spacial score (nSPS) is 15.6. The summed E-state index contributed by atoms with van der Waals surface area (Å²) in [5.41, 5.74) is 9.75. The van der Waals surface area contributed by atoms with E-state index in [1.54, 1.807) is 5.57 Å². The Hall–Kier alpha value is -2.36. The summed E-state index contributed by atoms with van der Waals surface area (Å²) in [4.78, 5) is 8.63. The lowest BCUT2D eigenvalue weighted by Gasteiger charge is -2.18. The molecule has 0 fully saturated rings. The molecule has 24 heavy (non-hydrogen) atoms. The summed E-state index contributed by atoms with van der Waals surface area (Å²) in [6.45, 7) is 2.14. The Kier molecular flexibility index (Phi) is 5.47. The number of anilines is 2. The number of benzene rings is 1. The van der Waals surface area contributed by atoms with Crippen LogP contribution in [0.4, 0.5) is 11.8 Å². The fourth-order valence-corrected chi connectivity index (χ4v) is 3.19. The second-order valence-corrected chi connectivity index (χ2v) is 6.49. The highest BCUT2D eigenvalue weighted by molar-refractivity contribution is 5.48. The zero-order valence-corrected chi connectivity index (χ0v) is 14.3. The van der Waals surface area contributed by atoms with Crippen LogP contribution in [-0.2, 0) is 6.42 Å². The van der Waals surface area contributed by atoms with Crippen LogP contribution >= 0.6 is 0 Å². The molecule has 126 valence electrons. The van der Waals surface area contributed by atoms with Crippen molar-refractivity contribution in [1.29, 1.82) is 0 Å². The largest absolute Gasteiger partial charge is 0.368 e. The van der Waals surface area contributed by atoms with Gasteiger partial charge in [-0.15, -0.1) is 0 Å². The van der Waals surface area contributed by atoms with Gasteiger partial charge in [-0.2, -0.15) is 4.98 Å². The van der Waals surface area contributed by atoms with Gasteiger partial charge in [-0.1, -0.05) is 42.0 Å². The van der Waals surface area contributed by atoms with E-state index in [4.69, 9.17) is 5.73 Å². The van der Waals surface area contributed by atoms with Crippen LogP contribution in [0.15, 0.2) is 48.2 Å². The third kappa shape index (κ3) is 4.34. The highest BCUT2D eigenvalue weighted by atomic mass is 15.1. The Morgan fingerprint density at radius 2 is 2.00 bits per heavy atom. The molecule has 0 aliphatic heterocycles. The summed E-state index contributed by atoms with van der Waals surface area (Å²) in [5.74, 6) is 1.17. The van der Waals surface area contributed by atoms with Gasteiger partial charge in [0, 0.05) is 17.8 Å². The maximum atomic E-state index is 5.81. The zero-order valence-electron chi connectivity index (χ0n) is 14.3. The molecule has 1 heterocycles. The topological polar surface area (TPSA) is 63.8 Å². The van der Waals surface area contributed by atoms with Crippen molar-refractivity contribution in [3.05, 3.63) is 59.3 Å². The van der Waals surface area contributed by atoms with Gasteiger partial charge >= 0.3 is 0 Å². The lowest BCUT2D eigenvalue weighted by molar-refractivity contribution is 0.673. The molecule has 1 aliphatic rings. The second kappa shape index (κ2) is 7.95. The molecular formula is C20H26N4. The maximum absolute atomic E-state index is 5.81. The average molecular weight is 322 g/mol. The Labute approximate surface area is 144 Å². The zero-order chi connectivity index (χ0) is 16.8. The Bertz CT molecular complexity index is 694. The van der Waals surface area contributed by atoms with Crippen molar-refractivity contribution in [1.82, 2.24) is 9.97 Å². The molecule has 0 saturated heterocycles. The van der Waals surface area contributed by atoms with Crippen LogP contribution in [0, 0.1) is 0 Å². The molecule has 3 N–H and O–H groups in total. The molecule has 4 nitrogen and oxygen atoms in total. The number of hydrogen-bond acceptors (Lipinski definition) is 4. The first-order valence-electron chi connectivity index (χ1n) is 8.83. The number of rotatable bonds is 6. The number of nitrogen functional groups attached to an aromatic ring is 1. The first kappa shape index (κ1) is 16.5. The summed E-state index contributed by atoms with van der Waals surface area (Å²) < 4.78 is 0. The van der Waals surface area contributed by atoms with E-state index >= 15 is 0 Å². The van der Waals surface area contributed by atoms with Crippen LogP contribution < -0.4 is 11.1 Å². The molecule has 1 atom stereocenters. The van der Waals surface area contributed by atoms with E-state index in [2.05, 4.69) is 52.5 Å². The molecule has 0 amide bonds. The molecule has 1 unspecified atom stereocenters. The van der Waals surface area contributed by atoms with Crippen molar-refractivity contribution in [2.75, 3.05) is 11.1 Å². The number of allylic oxidation sites excluding steroid dienone is 2. The first-order chi connectivity index (χ1) is 11.7. The van der Waals surface area contributed by atoms with Gasteiger partial charge in [0.25, 0.3) is 0 Å². The summed E-state index contributed by atoms with van der Waals surface area (Å²) in [7, 11) is 0. The fourth-order valence-electron chi connectivity index (χ4n) is 3.19. The van der Waals surface area contributed by atoms with Gasteiger partial charge in [-0.25, -0.2) is 4.98 Å². The molecular weight excluding hydrogens is 296 g/mol. The minimum Gasteiger partial charge on any atom is -0.368 e. The van der Waals surface area contributed by atoms with Crippen LogP contribution in [-0.4, -0.2) is 9.97 Å². The molecule has 0 bridgehead atoms. The molecule has 0 spiro atoms. The fraction of sp³-hybridized carbons (Fsp3) is 0.400. The number of hydrogen-bond donors (Lipinski definition) is 2. The highest BCUT2D eigenvalue weighted by Crippen LogP contribution is 2.25. The maximum Gasteiger partial charge on any atom is 0.221 e. The van der Waals surface area contributed by atoms with Crippen molar-refractivity contribution in [2.24, 2.45) is 0 Å². The van der Waals surface area contributed by atoms with Crippen molar-refractivity contribution in [3.63, 3.8) is 0 Å². The van der Waals surface area contributed by atoms with Crippen molar-refractivity contribution >= 4 is 11.8 Å². The van der Waals surface area contributed by atoms with E-state index in [9.17, 15) is 0 Å². The lowest BCUT2D eigenvalue weighted by atomic mass is 9.95. The Morgan fingerprint density at radius 1 is 1.17 bits per heavy atom. The molecule has 1 aliphatic carbocycles. The summed E-state index contributed by atoms with van der Waals surface area (Å²) >= 11 is 0. The van der Waals surface area contributed by atoms with Crippen LogP contribution in [0.25, 0.3) is 0 Å². The SMILES string of the molecule is CC(Nc1nc(N)ncc1CCC1=CCCCC1)c1ccccc1. The lowest BCUT2D eigenvalue weighted by Crippen LogP contribution is -2.12. The Morgan fingerprint density at radius 3 is 2.75 bits per heavy atom. The van der Waals surface area contributed by atoms with Gasteiger partial charge in [-0.3, -0.25) is 0 Å². The third-order valence-electron chi connectivity index (χ3n) is 4.64. The molecule has 4 heteroatoms. The van der Waals surface area contributed by atoms with E-state index in [0.29, 0.717) is 5.95 Å². The van der Waals surface area contributed by atoms with Gasteiger partial charge in [0.15, 0.2) is 0 Å². The quantitative estimate of drug-likeness (QED) is 0.759. The third-order valence-corrected chi connectivity index (χ3v) is 4.64. The molecule has 1 aromatic heterocycles. The number of aromatic nitrogens is 2. The van der Waals surface area contributed by atoms with E-state index < -0.39 is 0 Å². The summed E-state index contributed by atoms with van der Waals surface area (Å²) in [5, 5.41) is 3.50. The smallest absolute Gasteiger partial charge is 0.221 e. The van der Waals surface area contributed by atoms with Crippen molar-refractivity contribution < 1.29 is 0 Å². The molecule has 3 rings (SSSR count). The first-order valence-corrected chi connectivity index (χ1v) is 8.83. The van der Waals surface area contributed by atoms with E-state index in [1.165, 1.54) is 31.2 Å². The van der Waals surface area contributed by atoms with Crippen LogP contribution in [0.3, 0.4) is 0 Å². The van der Waals surface area contributed by atoms with Crippen molar-refractivity contribution in [3.8, 4) is 0 Å². The number of nitrogens with zero attached hydrogens (tertiary/aromatic N) is 2. The minimum atomic E-state index is 0.174. The standard InChI is InChI=1S/C20H26N4/c1-15(17-10-6-3-7-11-17)23-19-18(14-22-20(21)24-19)13-12-16-8-4-2-5-9-16/h3,6-8,10-11,14-15H,2,4-5,9,12-13H2,1H3,(H3,21,22,23,24). The van der Waals surface area contributed by atoms with Gasteiger partial charge < -0.3 is 11.1 Å². The molecule has 1 aromatic carbocycles. The van der Waals surface area contributed by atoms with Crippen LogP contribution in [0.1, 0.15) is 56.2 Å².